The molecule has 0 aliphatic rings. The van der Waals surface area contributed by atoms with Gasteiger partial charge in [0.2, 0.25) is 0 Å². The molecule has 1 aromatic carbocycles. The summed E-state index contributed by atoms with van der Waals surface area (Å²) in [7, 11) is 0. The first-order valence-electron chi connectivity index (χ1n) is 5.13. The Balaban J connectivity index is 2.13. The lowest BCUT2D eigenvalue weighted by Gasteiger charge is -2.07. The van der Waals surface area contributed by atoms with Crippen LogP contribution in [0.3, 0.4) is 0 Å². The highest BCUT2D eigenvalue weighted by atomic mass is 79.9. The van der Waals surface area contributed by atoms with Crippen LogP contribution in [0.5, 0.6) is 0 Å². The van der Waals surface area contributed by atoms with Crippen LogP contribution in [0.25, 0.3) is 11.4 Å². The van der Waals surface area contributed by atoms with E-state index in [2.05, 4.69) is 26.1 Å². The summed E-state index contributed by atoms with van der Waals surface area (Å²) in [6.45, 7) is 0. The van der Waals surface area contributed by atoms with Gasteiger partial charge < -0.3 is 0 Å². The highest BCUT2D eigenvalue weighted by Crippen LogP contribution is 2.20. The Morgan fingerprint density at radius 2 is 1.35 bits per heavy atom. The fraction of sp³-hybridized carbons (Fsp3) is 0. The third-order valence-electron chi connectivity index (χ3n) is 2.41. The normalized spacial score (nSPS) is 10.6. The third-order valence-corrected chi connectivity index (χ3v) is 2.86. The van der Waals surface area contributed by atoms with Gasteiger partial charge >= 0.3 is 0 Å². The molecule has 0 aliphatic carbocycles. The molecule has 2 heterocycles. The Kier molecular flexibility index (Phi) is 2.53. The molecule has 0 spiro atoms. The maximum Gasteiger partial charge on any atom is 0.0678 e. The van der Waals surface area contributed by atoms with E-state index in [9.17, 15) is 0 Å². The van der Waals surface area contributed by atoms with E-state index in [-0.39, 0.29) is 0 Å². The molecule has 3 aromatic rings. The van der Waals surface area contributed by atoms with Crippen molar-refractivity contribution in [2.75, 3.05) is 0 Å². The summed E-state index contributed by atoms with van der Waals surface area (Å²) in [4.78, 5) is 0. The minimum atomic E-state index is 0.995. The summed E-state index contributed by atoms with van der Waals surface area (Å²) in [6.07, 6.45) is 7.34. The fourth-order valence-electron chi connectivity index (χ4n) is 1.67. The molecule has 0 amide bonds. The van der Waals surface area contributed by atoms with Crippen molar-refractivity contribution in [1.82, 2.24) is 19.6 Å². The van der Waals surface area contributed by atoms with E-state index >= 15 is 0 Å². The Morgan fingerprint density at radius 1 is 0.824 bits per heavy atom. The zero-order valence-corrected chi connectivity index (χ0v) is 10.4. The number of nitrogens with zero attached hydrogens (tertiary/aromatic N) is 4. The molecule has 0 aliphatic heterocycles. The summed E-state index contributed by atoms with van der Waals surface area (Å²) >= 11 is 3.50. The van der Waals surface area contributed by atoms with Crippen LogP contribution in [0.15, 0.2) is 59.6 Å². The van der Waals surface area contributed by atoms with E-state index < -0.39 is 0 Å². The zero-order chi connectivity index (χ0) is 11.7. The first-order chi connectivity index (χ1) is 8.33. The second kappa shape index (κ2) is 4.18. The number of benzene rings is 1. The SMILES string of the molecule is Brc1cc(-n2cccn2)cc(-n2cccn2)c1. The van der Waals surface area contributed by atoms with Gasteiger partial charge in [0.05, 0.1) is 11.4 Å². The molecule has 4 nitrogen and oxygen atoms in total. The van der Waals surface area contributed by atoms with Crippen LogP contribution in [0.1, 0.15) is 0 Å². The predicted molar refractivity (Wildman–Crippen MR) is 68.4 cm³/mol. The van der Waals surface area contributed by atoms with Crippen molar-refractivity contribution in [3.05, 3.63) is 59.6 Å². The van der Waals surface area contributed by atoms with Crippen molar-refractivity contribution in [2.45, 2.75) is 0 Å². The minimum absolute atomic E-state index is 0.995. The van der Waals surface area contributed by atoms with E-state index in [1.165, 1.54) is 0 Å². The van der Waals surface area contributed by atoms with Gasteiger partial charge in [-0.3, -0.25) is 0 Å². The van der Waals surface area contributed by atoms with E-state index in [0.29, 0.717) is 0 Å². The summed E-state index contributed by atoms with van der Waals surface area (Å²) in [5, 5.41) is 8.43. The molecular formula is C12H9BrN4. The Bertz CT molecular complexity index is 562. The summed E-state index contributed by atoms with van der Waals surface area (Å²) in [5.41, 5.74) is 1.99. The molecule has 84 valence electrons. The van der Waals surface area contributed by atoms with Crippen molar-refractivity contribution in [2.24, 2.45) is 0 Å². The van der Waals surface area contributed by atoms with Crippen molar-refractivity contribution in [1.29, 1.82) is 0 Å². The van der Waals surface area contributed by atoms with E-state index in [0.717, 1.165) is 15.8 Å². The first kappa shape index (κ1) is 10.3. The second-order valence-corrected chi connectivity index (χ2v) is 4.48. The lowest BCUT2D eigenvalue weighted by molar-refractivity contribution is 0.855. The van der Waals surface area contributed by atoms with Gasteiger partial charge in [0, 0.05) is 29.3 Å². The predicted octanol–water partition coefficient (Wildman–Crippen LogP) is 2.82. The molecule has 0 radical (unpaired) electrons. The van der Waals surface area contributed by atoms with Crippen LogP contribution >= 0.6 is 15.9 Å². The largest absolute Gasteiger partial charge is 0.241 e. The molecule has 17 heavy (non-hydrogen) atoms. The molecule has 3 rings (SSSR count). The Morgan fingerprint density at radius 3 is 1.76 bits per heavy atom. The first-order valence-corrected chi connectivity index (χ1v) is 5.93. The highest BCUT2D eigenvalue weighted by Gasteiger charge is 2.03. The van der Waals surface area contributed by atoms with Crippen LogP contribution in [-0.4, -0.2) is 19.6 Å². The van der Waals surface area contributed by atoms with E-state index in [4.69, 9.17) is 0 Å². The van der Waals surface area contributed by atoms with Gasteiger partial charge in [-0.2, -0.15) is 10.2 Å². The lowest BCUT2D eigenvalue weighted by Crippen LogP contribution is -1.99. The van der Waals surface area contributed by atoms with Crippen LogP contribution in [0.4, 0.5) is 0 Å². The smallest absolute Gasteiger partial charge is 0.0678 e. The molecule has 0 saturated carbocycles. The van der Waals surface area contributed by atoms with Crippen molar-refractivity contribution in [3.63, 3.8) is 0 Å². The molecule has 0 fully saturated rings. The lowest BCUT2D eigenvalue weighted by atomic mass is 10.3. The number of hydrogen-bond acceptors (Lipinski definition) is 2. The molecule has 5 heteroatoms. The van der Waals surface area contributed by atoms with Gasteiger partial charge in [-0.25, -0.2) is 9.36 Å². The number of halogens is 1. The van der Waals surface area contributed by atoms with Crippen LogP contribution in [0.2, 0.25) is 0 Å². The van der Waals surface area contributed by atoms with Crippen molar-refractivity contribution < 1.29 is 0 Å². The monoisotopic (exact) mass is 288 g/mol. The van der Waals surface area contributed by atoms with E-state index in [1.54, 1.807) is 12.4 Å². The van der Waals surface area contributed by atoms with Gasteiger partial charge in [-0.05, 0) is 30.3 Å². The molecule has 0 bridgehead atoms. The maximum atomic E-state index is 4.22. The van der Waals surface area contributed by atoms with Crippen LogP contribution < -0.4 is 0 Å². The van der Waals surface area contributed by atoms with Crippen LogP contribution in [0, 0.1) is 0 Å². The molecular weight excluding hydrogens is 280 g/mol. The van der Waals surface area contributed by atoms with Gasteiger partial charge in [0.1, 0.15) is 0 Å². The summed E-state index contributed by atoms with van der Waals surface area (Å²) in [6, 6.07) is 9.85. The van der Waals surface area contributed by atoms with Crippen molar-refractivity contribution >= 4 is 15.9 Å². The zero-order valence-electron chi connectivity index (χ0n) is 8.86. The van der Waals surface area contributed by atoms with Gasteiger partial charge in [0.15, 0.2) is 0 Å². The van der Waals surface area contributed by atoms with Crippen LogP contribution in [-0.2, 0) is 0 Å². The topological polar surface area (TPSA) is 35.6 Å². The number of rotatable bonds is 2. The average molecular weight is 289 g/mol. The van der Waals surface area contributed by atoms with Crippen molar-refractivity contribution in [3.8, 4) is 11.4 Å². The highest BCUT2D eigenvalue weighted by molar-refractivity contribution is 9.10. The van der Waals surface area contributed by atoms with Gasteiger partial charge in [0.25, 0.3) is 0 Å². The molecule has 0 saturated heterocycles. The molecule has 0 unspecified atom stereocenters. The number of hydrogen-bond donors (Lipinski definition) is 0. The average Bonchev–Trinajstić information content (AvgIpc) is 3.02. The van der Waals surface area contributed by atoms with Gasteiger partial charge in [-0.1, -0.05) is 15.9 Å². The van der Waals surface area contributed by atoms with E-state index in [1.807, 2.05) is 52.1 Å². The summed E-state index contributed by atoms with van der Waals surface area (Å²) in [5.74, 6) is 0. The number of aromatic nitrogens is 4. The maximum absolute atomic E-state index is 4.22. The standard InChI is InChI=1S/C12H9BrN4/c13-10-7-11(16-5-1-3-14-16)9-12(8-10)17-6-2-4-15-17/h1-9H. The third kappa shape index (κ3) is 2.01. The fourth-order valence-corrected chi connectivity index (χ4v) is 2.14. The summed E-state index contributed by atoms with van der Waals surface area (Å²) < 4.78 is 4.63. The molecule has 0 N–H and O–H groups in total. The minimum Gasteiger partial charge on any atom is -0.241 e. The van der Waals surface area contributed by atoms with Gasteiger partial charge in [-0.15, -0.1) is 0 Å². The quantitative estimate of drug-likeness (QED) is 0.727. The molecule has 0 atom stereocenters. The Labute approximate surface area is 107 Å². The molecule has 2 aromatic heterocycles. The Hall–Kier alpha value is -1.88. The second-order valence-electron chi connectivity index (χ2n) is 3.57.